The Hall–Kier alpha value is -1.37. The third-order valence-corrected chi connectivity index (χ3v) is 4.16. The van der Waals surface area contributed by atoms with Crippen molar-refractivity contribution in [2.45, 2.75) is 26.8 Å². The molecule has 1 aromatic rings. The maximum Gasteiger partial charge on any atom is 0.339 e. The van der Waals surface area contributed by atoms with Gasteiger partial charge in [0.25, 0.3) is 0 Å². The van der Waals surface area contributed by atoms with E-state index in [9.17, 15) is 13.2 Å². The predicted octanol–water partition coefficient (Wildman–Crippen LogP) is 0.715. The smallest absolute Gasteiger partial charge is 0.339 e. The molecule has 0 spiro atoms. The highest BCUT2D eigenvalue weighted by Crippen LogP contribution is 2.06. The average Bonchev–Trinajstić information content (AvgIpc) is 2.57. The van der Waals surface area contributed by atoms with E-state index in [0.29, 0.717) is 12.1 Å². The van der Waals surface area contributed by atoms with Gasteiger partial charge in [-0.1, -0.05) is 6.92 Å². The standard InChI is InChI=1S/C10H16N2O4S/c1-3-5-17(15,16)6-4-12-7-9(10(13)14)8(2)11-12/h7H,3-6H2,1-2H3,(H,13,14). The highest BCUT2D eigenvalue weighted by Gasteiger charge is 2.14. The number of aryl methyl sites for hydroxylation is 2. The van der Waals surface area contributed by atoms with Crippen LogP contribution in [0, 0.1) is 6.92 Å². The molecule has 0 saturated heterocycles. The lowest BCUT2D eigenvalue weighted by molar-refractivity contribution is 0.0696. The Labute approximate surface area is 100 Å². The lowest BCUT2D eigenvalue weighted by Gasteiger charge is -2.02. The molecule has 0 aliphatic rings. The first kappa shape index (κ1) is 13.7. The van der Waals surface area contributed by atoms with Gasteiger partial charge in [-0.3, -0.25) is 4.68 Å². The number of hydrogen-bond donors (Lipinski definition) is 1. The fourth-order valence-electron chi connectivity index (χ4n) is 1.49. The Morgan fingerprint density at radius 1 is 1.47 bits per heavy atom. The fraction of sp³-hybridized carbons (Fsp3) is 0.600. The van der Waals surface area contributed by atoms with Gasteiger partial charge >= 0.3 is 5.97 Å². The minimum Gasteiger partial charge on any atom is -0.478 e. The molecule has 1 aromatic heterocycles. The summed E-state index contributed by atoms with van der Waals surface area (Å²) in [7, 11) is -3.06. The van der Waals surface area contributed by atoms with Gasteiger partial charge in [-0.2, -0.15) is 5.10 Å². The summed E-state index contributed by atoms with van der Waals surface area (Å²) in [5, 5.41) is 12.8. The summed E-state index contributed by atoms with van der Waals surface area (Å²) in [4.78, 5) is 10.8. The van der Waals surface area contributed by atoms with Crippen LogP contribution in [-0.4, -0.2) is 40.8 Å². The molecule has 0 unspecified atom stereocenters. The van der Waals surface area contributed by atoms with Crippen molar-refractivity contribution in [2.75, 3.05) is 11.5 Å². The van der Waals surface area contributed by atoms with E-state index < -0.39 is 15.8 Å². The molecule has 0 fully saturated rings. The molecular weight excluding hydrogens is 244 g/mol. The lowest BCUT2D eigenvalue weighted by atomic mass is 10.3. The summed E-state index contributed by atoms with van der Waals surface area (Å²) >= 11 is 0. The molecule has 0 aromatic carbocycles. The third kappa shape index (κ3) is 3.85. The molecule has 1 rings (SSSR count). The van der Waals surface area contributed by atoms with Crippen molar-refractivity contribution in [1.29, 1.82) is 0 Å². The van der Waals surface area contributed by atoms with Gasteiger partial charge in [0, 0.05) is 11.9 Å². The van der Waals surface area contributed by atoms with Gasteiger partial charge < -0.3 is 5.11 Å². The number of nitrogens with zero attached hydrogens (tertiary/aromatic N) is 2. The van der Waals surface area contributed by atoms with E-state index in [-0.39, 0.29) is 23.6 Å². The molecule has 17 heavy (non-hydrogen) atoms. The van der Waals surface area contributed by atoms with E-state index in [1.54, 1.807) is 13.8 Å². The number of aromatic carboxylic acids is 1. The van der Waals surface area contributed by atoms with Crippen molar-refractivity contribution >= 4 is 15.8 Å². The van der Waals surface area contributed by atoms with Crippen molar-refractivity contribution in [3.63, 3.8) is 0 Å². The highest BCUT2D eigenvalue weighted by atomic mass is 32.2. The molecule has 0 aliphatic heterocycles. The molecule has 6 nitrogen and oxygen atoms in total. The first-order valence-corrected chi connectivity index (χ1v) is 7.15. The number of hydrogen-bond acceptors (Lipinski definition) is 4. The maximum absolute atomic E-state index is 11.5. The molecule has 1 heterocycles. The molecule has 0 saturated carbocycles. The van der Waals surface area contributed by atoms with Gasteiger partial charge in [-0.25, -0.2) is 13.2 Å². The summed E-state index contributed by atoms with van der Waals surface area (Å²) in [6.45, 7) is 3.58. The maximum atomic E-state index is 11.5. The van der Waals surface area contributed by atoms with Crippen LogP contribution in [0.1, 0.15) is 29.4 Å². The monoisotopic (exact) mass is 260 g/mol. The number of carboxylic acids is 1. The van der Waals surface area contributed by atoms with Crippen LogP contribution in [0.4, 0.5) is 0 Å². The normalized spacial score (nSPS) is 11.6. The van der Waals surface area contributed by atoms with E-state index in [2.05, 4.69) is 5.10 Å². The largest absolute Gasteiger partial charge is 0.478 e. The van der Waals surface area contributed by atoms with Crippen LogP contribution in [0.5, 0.6) is 0 Å². The molecular formula is C10H16N2O4S. The SMILES string of the molecule is CCCS(=O)(=O)CCn1cc(C(=O)O)c(C)n1. The Morgan fingerprint density at radius 2 is 2.12 bits per heavy atom. The minimum atomic E-state index is -3.06. The fourth-order valence-corrected chi connectivity index (χ4v) is 2.78. The van der Waals surface area contributed by atoms with E-state index in [1.807, 2.05) is 0 Å². The van der Waals surface area contributed by atoms with Crippen LogP contribution < -0.4 is 0 Å². The molecule has 0 aliphatic carbocycles. The summed E-state index contributed by atoms with van der Waals surface area (Å²) in [5.41, 5.74) is 0.503. The van der Waals surface area contributed by atoms with E-state index in [0.717, 1.165) is 0 Å². The Kier molecular flexibility index (Phi) is 4.28. The first-order valence-electron chi connectivity index (χ1n) is 5.33. The summed E-state index contributed by atoms with van der Waals surface area (Å²) in [5.74, 6) is -0.912. The molecule has 0 amide bonds. The van der Waals surface area contributed by atoms with Gasteiger partial charge in [0.15, 0.2) is 9.84 Å². The van der Waals surface area contributed by atoms with Gasteiger partial charge in [-0.05, 0) is 13.3 Å². The number of sulfone groups is 1. The number of rotatable bonds is 6. The summed E-state index contributed by atoms with van der Waals surface area (Å²) < 4.78 is 24.3. The molecule has 0 atom stereocenters. The molecule has 96 valence electrons. The molecule has 1 N–H and O–H groups in total. The molecule has 7 heteroatoms. The summed E-state index contributed by atoms with van der Waals surface area (Å²) in [6, 6.07) is 0. The lowest BCUT2D eigenvalue weighted by Crippen LogP contribution is -2.16. The minimum absolute atomic E-state index is 0.0129. The predicted molar refractivity (Wildman–Crippen MR) is 62.9 cm³/mol. The van der Waals surface area contributed by atoms with Crippen LogP contribution in [0.25, 0.3) is 0 Å². The van der Waals surface area contributed by atoms with Gasteiger partial charge in [0.05, 0.1) is 18.0 Å². The van der Waals surface area contributed by atoms with Gasteiger partial charge in [-0.15, -0.1) is 0 Å². The number of carbonyl (C=O) groups is 1. The zero-order chi connectivity index (χ0) is 13.1. The zero-order valence-electron chi connectivity index (χ0n) is 9.88. The second-order valence-corrected chi connectivity index (χ2v) is 6.15. The Bertz CT molecular complexity index is 504. The van der Waals surface area contributed by atoms with Gasteiger partial charge in [0.1, 0.15) is 5.56 Å². The highest BCUT2D eigenvalue weighted by molar-refractivity contribution is 7.91. The third-order valence-electron chi connectivity index (χ3n) is 2.32. The first-order chi connectivity index (χ1) is 7.85. The zero-order valence-corrected chi connectivity index (χ0v) is 10.7. The van der Waals surface area contributed by atoms with Crippen molar-refractivity contribution in [3.8, 4) is 0 Å². The average molecular weight is 260 g/mol. The Balaban J connectivity index is 2.71. The van der Waals surface area contributed by atoms with Crippen LogP contribution in [0.2, 0.25) is 0 Å². The van der Waals surface area contributed by atoms with Crippen LogP contribution in [0.15, 0.2) is 6.20 Å². The van der Waals surface area contributed by atoms with Crippen LogP contribution >= 0.6 is 0 Å². The van der Waals surface area contributed by atoms with Crippen molar-refractivity contribution in [3.05, 3.63) is 17.5 Å². The Morgan fingerprint density at radius 3 is 2.59 bits per heavy atom. The second kappa shape index (κ2) is 5.31. The quantitative estimate of drug-likeness (QED) is 0.813. The van der Waals surface area contributed by atoms with Crippen LogP contribution in [0.3, 0.4) is 0 Å². The topological polar surface area (TPSA) is 89.3 Å². The number of aromatic nitrogens is 2. The molecule has 0 bridgehead atoms. The number of carboxylic acid groups (broad SMARTS) is 1. The van der Waals surface area contributed by atoms with Crippen LogP contribution in [-0.2, 0) is 16.4 Å². The van der Waals surface area contributed by atoms with E-state index in [4.69, 9.17) is 5.11 Å². The summed E-state index contributed by atoms with van der Waals surface area (Å²) in [6.07, 6.45) is 1.94. The van der Waals surface area contributed by atoms with E-state index >= 15 is 0 Å². The second-order valence-electron chi connectivity index (χ2n) is 3.85. The van der Waals surface area contributed by atoms with Gasteiger partial charge in [0.2, 0.25) is 0 Å². The van der Waals surface area contributed by atoms with Crippen molar-refractivity contribution in [1.82, 2.24) is 9.78 Å². The van der Waals surface area contributed by atoms with Crippen molar-refractivity contribution < 1.29 is 18.3 Å². The molecule has 0 radical (unpaired) electrons. The van der Waals surface area contributed by atoms with Crippen molar-refractivity contribution in [2.24, 2.45) is 0 Å². The van der Waals surface area contributed by atoms with E-state index in [1.165, 1.54) is 10.9 Å².